The highest BCUT2D eigenvalue weighted by Gasteiger charge is 2.29. The Morgan fingerprint density at radius 1 is 1.53 bits per heavy atom. The summed E-state index contributed by atoms with van der Waals surface area (Å²) in [6.07, 6.45) is -0.422. The van der Waals surface area contributed by atoms with Gasteiger partial charge in [0.2, 0.25) is 0 Å². The number of aliphatic hydroxyl groups excluding tert-OH is 1. The zero-order valence-electron chi connectivity index (χ0n) is 9.54. The maximum absolute atomic E-state index is 11.4. The number of aliphatic hydroxyl groups is 1. The first-order valence-corrected chi connectivity index (χ1v) is 5.23. The third-order valence-corrected chi connectivity index (χ3v) is 2.28. The van der Waals surface area contributed by atoms with Gasteiger partial charge in [0.05, 0.1) is 6.04 Å². The molecule has 88 valence electrons. The fraction of sp³-hybridized carbons (Fsp3) is 0.900. The van der Waals surface area contributed by atoms with Crippen LogP contribution < -0.4 is 10.6 Å². The standard InChI is InChI=1S/C10H20N2O3/c1-10(2,3)15-9(14)12-8-5-11-4-7(8)6-13/h7-8,11,13H,4-6H2,1-3H3,(H,12,14)/t7?,8-/m0/s1. The Labute approximate surface area is 90.2 Å². The molecular weight excluding hydrogens is 196 g/mol. The summed E-state index contributed by atoms with van der Waals surface area (Å²) >= 11 is 0. The Kier molecular flexibility index (Phi) is 3.93. The van der Waals surface area contributed by atoms with Gasteiger partial charge in [0.25, 0.3) is 0 Å². The van der Waals surface area contributed by atoms with Gasteiger partial charge in [-0.2, -0.15) is 0 Å². The summed E-state index contributed by atoms with van der Waals surface area (Å²) in [5.74, 6) is 0.0810. The van der Waals surface area contributed by atoms with Crippen LogP contribution in [0.15, 0.2) is 0 Å². The molecule has 1 heterocycles. The molecule has 0 bridgehead atoms. The molecule has 0 aromatic carbocycles. The van der Waals surface area contributed by atoms with Crippen molar-refractivity contribution in [3.8, 4) is 0 Å². The molecule has 0 aromatic rings. The Bertz CT molecular complexity index is 225. The predicted octanol–water partition coefficient (Wildman–Crippen LogP) is 0.0914. The summed E-state index contributed by atoms with van der Waals surface area (Å²) in [4.78, 5) is 11.4. The van der Waals surface area contributed by atoms with Crippen molar-refractivity contribution in [3.05, 3.63) is 0 Å². The number of hydrogen-bond donors (Lipinski definition) is 3. The minimum absolute atomic E-state index is 0.0372. The number of amides is 1. The summed E-state index contributed by atoms with van der Waals surface area (Å²) in [5.41, 5.74) is -0.481. The Morgan fingerprint density at radius 2 is 2.20 bits per heavy atom. The third-order valence-electron chi connectivity index (χ3n) is 2.28. The highest BCUT2D eigenvalue weighted by atomic mass is 16.6. The normalized spacial score (nSPS) is 26.4. The van der Waals surface area contributed by atoms with Crippen LogP contribution in [0, 0.1) is 5.92 Å². The molecule has 1 rings (SSSR count). The molecule has 3 N–H and O–H groups in total. The number of hydrogen-bond acceptors (Lipinski definition) is 4. The van der Waals surface area contributed by atoms with E-state index in [9.17, 15) is 4.79 Å². The van der Waals surface area contributed by atoms with Gasteiger partial charge in [0, 0.05) is 25.6 Å². The maximum Gasteiger partial charge on any atom is 0.407 e. The average molecular weight is 216 g/mol. The second-order valence-corrected chi connectivity index (χ2v) is 4.85. The van der Waals surface area contributed by atoms with E-state index in [4.69, 9.17) is 9.84 Å². The number of alkyl carbamates (subject to hydrolysis) is 1. The molecule has 1 unspecified atom stereocenters. The molecule has 5 nitrogen and oxygen atoms in total. The lowest BCUT2D eigenvalue weighted by molar-refractivity contribution is 0.0488. The number of carbonyl (C=O) groups excluding carboxylic acids is 1. The highest BCUT2D eigenvalue weighted by Crippen LogP contribution is 2.10. The zero-order chi connectivity index (χ0) is 11.5. The van der Waals surface area contributed by atoms with Crippen LogP contribution in [0.2, 0.25) is 0 Å². The molecule has 2 atom stereocenters. The Hall–Kier alpha value is -0.810. The number of ether oxygens (including phenoxy) is 1. The average Bonchev–Trinajstić information content (AvgIpc) is 2.48. The topological polar surface area (TPSA) is 70.6 Å². The second kappa shape index (κ2) is 4.81. The summed E-state index contributed by atoms with van der Waals surface area (Å²) in [6.45, 7) is 6.96. The van der Waals surface area contributed by atoms with Crippen molar-refractivity contribution in [2.24, 2.45) is 5.92 Å². The molecule has 0 saturated carbocycles. The van der Waals surface area contributed by atoms with E-state index in [1.165, 1.54) is 0 Å². The molecule has 0 aromatic heterocycles. The molecule has 1 fully saturated rings. The first-order valence-electron chi connectivity index (χ1n) is 5.23. The quantitative estimate of drug-likeness (QED) is 0.612. The monoisotopic (exact) mass is 216 g/mol. The van der Waals surface area contributed by atoms with Gasteiger partial charge in [0.1, 0.15) is 5.60 Å². The van der Waals surface area contributed by atoms with Crippen LogP contribution in [0.3, 0.4) is 0 Å². The van der Waals surface area contributed by atoms with Crippen molar-refractivity contribution < 1.29 is 14.6 Å². The van der Waals surface area contributed by atoms with Crippen LogP contribution in [0.1, 0.15) is 20.8 Å². The predicted molar refractivity (Wildman–Crippen MR) is 56.6 cm³/mol. The van der Waals surface area contributed by atoms with Crippen molar-refractivity contribution in [2.45, 2.75) is 32.4 Å². The van der Waals surface area contributed by atoms with Gasteiger partial charge in [-0.1, -0.05) is 0 Å². The molecule has 15 heavy (non-hydrogen) atoms. The van der Waals surface area contributed by atoms with Gasteiger partial charge in [-0.15, -0.1) is 0 Å². The van der Waals surface area contributed by atoms with Crippen LogP contribution in [0.5, 0.6) is 0 Å². The third kappa shape index (κ3) is 4.05. The SMILES string of the molecule is CC(C)(C)OC(=O)N[C@H]1CNCC1CO. The molecule has 5 heteroatoms. The van der Waals surface area contributed by atoms with Crippen LogP contribution in [0.25, 0.3) is 0 Å². The summed E-state index contributed by atoms with van der Waals surface area (Å²) < 4.78 is 5.13. The van der Waals surface area contributed by atoms with Crippen LogP contribution in [-0.2, 0) is 4.74 Å². The van der Waals surface area contributed by atoms with Crippen LogP contribution in [-0.4, -0.2) is 42.5 Å². The lowest BCUT2D eigenvalue weighted by atomic mass is 10.1. The summed E-state index contributed by atoms with van der Waals surface area (Å²) in [6, 6.07) is -0.0372. The van der Waals surface area contributed by atoms with Crippen molar-refractivity contribution in [2.75, 3.05) is 19.7 Å². The second-order valence-electron chi connectivity index (χ2n) is 4.85. The minimum atomic E-state index is -0.481. The summed E-state index contributed by atoms with van der Waals surface area (Å²) in [7, 11) is 0. The van der Waals surface area contributed by atoms with Crippen molar-refractivity contribution in [1.82, 2.24) is 10.6 Å². The van der Waals surface area contributed by atoms with Crippen molar-refractivity contribution in [1.29, 1.82) is 0 Å². The number of carbonyl (C=O) groups is 1. The zero-order valence-corrected chi connectivity index (χ0v) is 9.54. The molecule has 1 saturated heterocycles. The van der Waals surface area contributed by atoms with Crippen LogP contribution >= 0.6 is 0 Å². The molecule has 1 aliphatic heterocycles. The molecule has 1 amide bonds. The van der Waals surface area contributed by atoms with E-state index >= 15 is 0 Å². The largest absolute Gasteiger partial charge is 0.444 e. The molecule has 0 aliphatic carbocycles. The fourth-order valence-electron chi connectivity index (χ4n) is 1.55. The van der Waals surface area contributed by atoms with Gasteiger partial charge in [-0.3, -0.25) is 0 Å². The van der Waals surface area contributed by atoms with Gasteiger partial charge in [-0.25, -0.2) is 4.79 Å². The lowest BCUT2D eigenvalue weighted by Crippen LogP contribution is -2.43. The van der Waals surface area contributed by atoms with E-state index in [1.54, 1.807) is 0 Å². The first kappa shape index (κ1) is 12.3. The molecular formula is C10H20N2O3. The van der Waals surface area contributed by atoms with E-state index in [2.05, 4.69) is 10.6 Å². The minimum Gasteiger partial charge on any atom is -0.444 e. The first-order chi connectivity index (χ1) is 6.92. The van der Waals surface area contributed by atoms with Crippen LogP contribution in [0.4, 0.5) is 4.79 Å². The lowest BCUT2D eigenvalue weighted by Gasteiger charge is -2.23. The van der Waals surface area contributed by atoms with Crippen molar-refractivity contribution in [3.63, 3.8) is 0 Å². The van der Waals surface area contributed by atoms with Gasteiger partial charge < -0.3 is 20.5 Å². The van der Waals surface area contributed by atoms with Gasteiger partial charge in [-0.05, 0) is 20.8 Å². The molecule has 0 radical (unpaired) electrons. The van der Waals surface area contributed by atoms with E-state index in [0.717, 1.165) is 6.54 Å². The Balaban J connectivity index is 2.37. The molecule has 0 spiro atoms. The van der Waals surface area contributed by atoms with E-state index in [1.807, 2.05) is 20.8 Å². The smallest absolute Gasteiger partial charge is 0.407 e. The maximum atomic E-state index is 11.4. The highest BCUT2D eigenvalue weighted by molar-refractivity contribution is 5.68. The number of nitrogens with one attached hydrogen (secondary N) is 2. The fourth-order valence-corrected chi connectivity index (χ4v) is 1.55. The molecule has 1 aliphatic rings. The van der Waals surface area contributed by atoms with Gasteiger partial charge in [0.15, 0.2) is 0 Å². The van der Waals surface area contributed by atoms with E-state index < -0.39 is 11.7 Å². The van der Waals surface area contributed by atoms with E-state index in [0.29, 0.717) is 6.54 Å². The summed E-state index contributed by atoms with van der Waals surface area (Å²) in [5, 5.41) is 14.9. The Morgan fingerprint density at radius 3 is 2.73 bits per heavy atom. The van der Waals surface area contributed by atoms with E-state index in [-0.39, 0.29) is 18.6 Å². The number of rotatable bonds is 2. The van der Waals surface area contributed by atoms with Crippen molar-refractivity contribution >= 4 is 6.09 Å². The van der Waals surface area contributed by atoms with Gasteiger partial charge >= 0.3 is 6.09 Å².